The minimum atomic E-state index is -0.957. The quantitative estimate of drug-likeness (QED) is 0.548. The summed E-state index contributed by atoms with van der Waals surface area (Å²) in [4.78, 5) is 11.2. The van der Waals surface area contributed by atoms with Crippen LogP contribution in [0.4, 0.5) is 8.78 Å². The van der Waals surface area contributed by atoms with Gasteiger partial charge in [-0.3, -0.25) is 4.79 Å². The summed E-state index contributed by atoms with van der Waals surface area (Å²) in [5, 5.41) is 0. The summed E-state index contributed by atoms with van der Waals surface area (Å²) in [5.74, 6) is -1.17. The first-order valence-corrected chi connectivity index (χ1v) is 8.62. The second-order valence-electron chi connectivity index (χ2n) is 6.10. The summed E-state index contributed by atoms with van der Waals surface area (Å²) in [7, 11) is 0. The van der Waals surface area contributed by atoms with Gasteiger partial charge in [-0.05, 0) is 54.7 Å². The first-order valence-electron chi connectivity index (χ1n) is 8.62. The van der Waals surface area contributed by atoms with Crippen molar-refractivity contribution in [2.75, 3.05) is 6.61 Å². The maximum Gasteiger partial charge on any atom is 0.158 e. The molecule has 1 heterocycles. The predicted octanol–water partition coefficient (Wildman–Crippen LogP) is 4.83. The number of hydrogen-bond acceptors (Lipinski definition) is 3. The van der Waals surface area contributed by atoms with Gasteiger partial charge >= 0.3 is 0 Å². The molecule has 2 unspecified atom stereocenters. The first kappa shape index (κ1) is 18.4. The summed E-state index contributed by atoms with van der Waals surface area (Å²) in [5.41, 5.74) is 1.19. The smallest absolute Gasteiger partial charge is 0.158 e. The van der Waals surface area contributed by atoms with Crippen LogP contribution in [0.5, 0.6) is 0 Å². The lowest BCUT2D eigenvalue weighted by Gasteiger charge is -2.29. The number of halogens is 2. The van der Waals surface area contributed by atoms with Gasteiger partial charge in [0.05, 0.1) is 0 Å². The standard InChI is InChI=1S/C21H20F2O3/c22-16-9-10-19(23)18(14-16)21(26-20-8-4-5-13-25-20)17(11-12-24)15-6-2-1-3-7-15/h1-3,6-7,9-12,14,20-21H,4-5,8,13H2. The Labute approximate surface area is 151 Å². The molecule has 0 bridgehead atoms. The zero-order valence-electron chi connectivity index (χ0n) is 14.2. The molecule has 0 aromatic heterocycles. The predicted molar refractivity (Wildman–Crippen MR) is 94.3 cm³/mol. The normalized spacial score (nSPS) is 19.2. The topological polar surface area (TPSA) is 35.5 Å². The molecule has 2 atom stereocenters. The molecule has 3 nitrogen and oxygen atoms in total. The van der Waals surface area contributed by atoms with Gasteiger partial charge in [0.25, 0.3) is 0 Å². The van der Waals surface area contributed by atoms with E-state index in [4.69, 9.17) is 9.47 Å². The number of aldehydes is 1. The summed E-state index contributed by atoms with van der Waals surface area (Å²) < 4.78 is 39.9. The number of benzene rings is 2. The lowest BCUT2D eigenvalue weighted by atomic mass is 9.94. The second kappa shape index (κ2) is 8.83. The molecular weight excluding hydrogens is 338 g/mol. The van der Waals surface area contributed by atoms with E-state index in [1.165, 1.54) is 6.08 Å². The van der Waals surface area contributed by atoms with E-state index in [1.54, 1.807) is 12.1 Å². The molecule has 1 aliphatic heterocycles. The molecule has 0 N–H and O–H groups in total. The minimum Gasteiger partial charge on any atom is -0.353 e. The van der Waals surface area contributed by atoms with Gasteiger partial charge in [0, 0.05) is 12.2 Å². The Morgan fingerprint density at radius 2 is 1.96 bits per heavy atom. The Kier molecular flexibility index (Phi) is 6.26. The van der Waals surface area contributed by atoms with Crippen LogP contribution in [0.1, 0.15) is 36.5 Å². The fraction of sp³-hybridized carbons (Fsp3) is 0.286. The van der Waals surface area contributed by atoms with Crippen LogP contribution < -0.4 is 0 Å². The van der Waals surface area contributed by atoms with Gasteiger partial charge in [-0.2, -0.15) is 0 Å². The molecule has 1 aliphatic rings. The molecule has 0 amide bonds. The average molecular weight is 358 g/mol. The van der Waals surface area contributed by atoms with E-state index >= 15 is 0 Å². The number of carbonyl (C=O) groups excluding carboxylic acids is 1. The summed E-state index contributed by atoms with van der Waals surface area (Å²) >= 11 is 0. The third-order valence-electron chi connectivity index (χ3n) is 4.30. The SMILES string of the molecule is O=CC=C(c1ccccc1)C(OC1CCCCO1)c1cc(F)ccc1F. The highest BCUT2D eigenvalue weighted by Crippen LogP contribution is 2.37. The fourth-order valence-corrected chi connectivity index (χ4v) is 3.04. The molecule has 136 valence electrons. The third-order valence-corrected chi connectivity index (χ3v) is 4.30. The number of allylic oxidation sites excluding steroid dienone is 1. The van der Waals surface area contributed by atoms with Gasteiger partial charge in [-0.15, -0.1) is 0 Å². The Morgan fingerprint density at radius 1 is 1.15 bits per heavy atom. The van der Waals surface area contributed by atoms with Crippen molar-refractivity contribution in [3.63, 3.8) is 0 Å². The van der Waals surface area contributed by atoms with Gasteiger partial charge in [-0.25, -0.2) is 8.78 Å². The molecule has 5 heteroatoms. The molecular formula is C21H20F2O3. The molecule has 3 rings (SSSR count). The van der Waals surface area contributed by atoms with Crippen molar-refractivity contribution in [2.24, 2.45) is 0 Å². The van der Waals surface area contributed by atoms with E-state index in [2.05, 4.69) is 0 Å². The number of hydrogen-bond donors (Lipinski definition) is 0. The summed E-state index contributed by atoms with van der Waals surface area (Å²) in [6.45, 7) is 0.557. The average Bonchev–Trinajstić information content (AvgIpc) is 2.68. The van der Waals surface area contributed by atoms with E-state index in [1.807, 2.05) is 18.2 Å². The van der Waals surface area contributed by atoms with Crippen molar-refractivity contribution in [3.05, 3.63) is 77.4 Å². The molecule has 2 aromatic rings. The van der Waals surface area contributed by atoms with Crippen LogP contribution in [0.25, 0.3) is 5.57 Å². The highest BCUT2D eigenvalue weighted by Gasteiger charge is 2.27. The summed E-state index contributed by atoms with van der Waals surface area (Å²) in [6.07, 6.45) is 2.99. The van der Waals surface area contributed by atoms with Crippen molar-refractivity contribution in [1.29, 1.82) is 0 Å². The largest absolute Gasteiger partial charge is 0.353 e. The monoisotopic (exact) mass is 358 g/mol. The van der Waals surface area contributed by atoms with Gasteiger partial charge in [-0.1, -0.05) is 30.3 Å². The van der Waals surface area contributed by atoms with Crippen LogP contribution in [-0.2, 0) is 14.3 Å². The van der Waals surface area contributed by atoms with Crippen LogP contribution >= 0.6 is 0 Å². The molecule has 2 aromatic carbocycles. The lowest BCUT2D eigenvalue weighted by molar-refractivity contribution is -0.178. The van der Waals surface area contributed by atoms with E-state index in [-0.39, 0.29) is 5.56 Å². The molecule has 26 heavy (non-hydrogen) atoms. The van der Waals surface area contributed by atoms with E-state index in [0.717, 1.165) is 31.0 Å². The highest BCUT2D eigenvalue weighted by molar-refractivity contribution is 5.84. The lowest BCUT2D eigenvalue weighted by Crippen LogP contribution is -2.25. The van der Waals surface area contributed by atoms with Crippen molar-refractivity contribution in [3.8, 4) is 0 Å². The Morgan fingerprint density at radius 3 is 2.65 bits per heavy atom. The molecule has 0 spiro atoms. The third kappa shape index (κ3) is 4.42. The van der Waals surface area contributed by atoms with E-state index in [0.29, 0.717) is 30.5 Å². The molecule has 1 saturated heterocycles. The first-order chi connectivity index (χ1) is 12.7. The van der Waals surface area contributed by atoms with Gasteiger partial charge < -0.3 is 9.47 Å². The maximum absolute atomic E-state index is 14.5. The van der Waals surface area contributed by atoms with Crippen LogP contribution in [-0.4, -0.2) is 19.2 Å². The zero-order chi connectivity index (χ0) is 18.4. The van der Waals surface area contributed by atoms with Crippen molar-refractivity contribution >= 4 is 11.9 Å². The Bertz CT molecular complexity index is 768. The maximum atomic E-state index is 14.5. The zero-order valence-corrected chi connectivity index (χ0v) is 14.2. The van der Waals surface area contributed by atoms with Crippen LogP contribution in [0, 0.1) is 11.6 Å². The Balaban J connectivity index is 2.04. The van der Waals surface area contributed by atoms with Gasteiger partial charge in [0.1, 0.15) is 24.0 Å². The minimum absolute atomic E-state index is 0.0381. The summed E-state index contributed by atoms with van der Waals surface area (Å²) in [6, 6.07) is 12.3. The van der Waals surface area contributed by atoms with Crippen molar-refractivity contribution < 1.29 is 23.0 Å². The van der Waals surface area contributed by atoms with Crippen LogP contribution in [0.15, 0.2) is 54.6 Å². The molecule has 0 radical (unpaired) electrons. The van der Waals surface area contributed by atoms with Crippen LogP contribution in [0.3, 0.4) is 0 Å². The number of ether oxygens (including phenoxy) is 2. The number of carbonyl (C=O) groups is 1. The molecule has 0 saturated carbocycles. The second-order valence-corrected chi connectivity index (χ2v) is 6.10. The van der Waals surface area contributed by atoms with Crippen molar-refractivity contribution in [2.45, 2.75) is 31.7 Å². The Hall–Kier alpha value is -2.37. The van der Waals surface area contributed by atoms with Crippen molar-refractivity contribution in [1.82, 2.24) is 0 Å². The molecule has 0 aliphatic carbocycles. The fourth-order valence-electron chi connectivity index (χ4n) is 3.04. The number of rotatable bonds is 6. The highest BCUT2D eigenvalue weighted by atomic mass is 19.1. The van der Waals surface area contributed by atoms with E-state index in [9.17, 15) is 13.6 Å². The van der Waals surface area contributed by atoms with Gasteiger partial charge in [0.2, 0.25) is 0 Å². The molecule has 1 fully saturated rings. The van der Waals surface area contributed by atoms with Crippen LogP contribution in [0.2, 0.25) is 0 Å². The van der Waals surface area contributed by atoms with E-state index < -0.39 is 24.0 Å². The van der Waals surface area contributed by atoms with Gasteiger partial charge in [0.15, 0.2) is 6.29 Å².